The van der Waals surface area contributed by atoms with E-state index >= 15 is 0 Å². The van der Waals surface area contributed by atoms with Crippen LogP contribution in [0, 0.1) is 12.3 Å². The number of halogens is 3. The zero-order chi connectivity index (χ0) is 22.6. The predicted octanol–water partition coefficient (Wildman–Crippen LogP) is 6.15. The van der Waals surface area contributed by atoms with E-state index < -0.39 is 23.9 Å². The van der Waals surface area contributed by atoms with Gasteiger partial charge in [0, 0.05) is 22.7 Å². The van der Waals surface area contributed by atoms with Crippen molar-refractivity contribution < 1.29 is 23.4 Å². The average molecular weight is 434 g/mol. The number of hydrogen-bond donors (Lipinski definition) is 2. The molecule has 4 rings (SSSR count). The highest BCUT2D eigenvalue weighted by Gasteiger charge is 2.37. The van der Waals surface area contributed by atoms with Crippen molar-refractivity contribution in [1.29, 1.82) is 0 Å². The second kappa shape index (κ2) is 7.89. The largest absolute Gasteiger partial charge is 0.416 e. The van der Waals surface area contributed by atoms with Gasteiger partial charge in [-0.05, 0) is 61.3 Å². The smallest absolute Gasteiger partial charge is 0.388 e. The van der Waals surface area contributed by atoms with Crippen molar-refractivity contribution in [3.05, 3.63) is 63.5 Å². The third-order valence-electron chi connectivity index (χ3n) is 6.94. The molecule has 2 N–H and O–H groups in total. The van der Waals surface area contributed by atoms with E-state index in [1.807, 2.05) is 6.92 Å². The molecule has 1 aromatic carbocycles. The lowest BCUT2D eigenvalue weighted by molar-refractivity contribution is -0.137. The van der Waals surface area contributed by atoms with Crippen LogP contribution in [0.25, 0.3) is 0 Å². The number of aliphatic hydroxyl groups is 2. The molecule has 6 heteroatoms. The van der Waals surface area contributed by atoms with Gasteiger partial charge in [0.2, 0.25) is 0 Å². The van der Waals surface area contributed by atoms with Crippen LogP contribution in [0.15, 0.2) is 24.3 Å². The van der Waals surface area contributed by atoms with Crippen molar-refractivity contribution in [2.75, 3.05) is 0 Å². The molecular formula is C25H30F3NO2. The number of rotatable bonds is 3. The number of hydrogen-bond acceptors (Lipinski definition) is 3. The summed E-state index contributed by atoms with van der Waals surface area (Å²) in [4.78, 5) is 5.01. The lowest BCUT2D eigenvalue weighted by Gasteiger charge is -2.37. The average Bonchev–Trinajstić information content (AvgIpc) is 3.20. The van der Waals surface area contributed by atoms with E-state index in [2.05, 4.69) is 13.8 Å². The van der Waals surface area contributed by atoms with Crippen LogP contribution < -0.4 is 0 Å². The molecule has 0 spiro atoms. The van der Waals surface area contributed by atoms with Crippen LogP contribution in [0.1, 0.15) is 103 Å². The molecule has 1 saturated carbocycles. The number of nitrogens with zero attached hydrogens (tertiary/aromatic N) is 1. The minimum Gasteiger partial charge on any atom is -0.388 e. The van der Waals surface area contributed by atoms with Gasteiger partial charge in [-0.15, -0.1) is 0 Å². The second-order valence-corrected chi connectivity index (χ2v) is 9.96. The molecule has 2 atom stereocenters. The molecule has 1 fully saturated rings. The normalized spacial score (nSPS) is 22.4. The first-order valence-corrected chi connectivity index (χ1v) is 11.0. The molecule has 2 aromatic rings. The standard InChI is InChI=1S/C25H30F3NO2/c1-14-20-18(12-24(2,3)13-19(20)30)29-22(15-6-4-5-7-15)21(14)23(31)16-8-10-17(11-9-16)25(26,27)28/h8-11,15,19,23,30-31H,4-7,12-13H2,1-3H3. The van der Waals surface area contributed by atoms with E-state index in [9.17, 15) is 23.4 Å². The molecule has 2 aliphatic carbocycles. The summed E-state index contributed by atoms with van der Waals surface area (Å²) in [6, 6.07) is 4.69. The van der Waals surface area contributed by atoms with Crippen LogP contribution >= 0.6 is 0 Å². The Hall–Kier alpha value is -1.92. The Bertz CT molecular complexity index is 960. The van der Waals surface area contributed by atoms with E-state index in [4.69, 9.17) is 4.98 Å². The summed E-state index contributed by atoms with van der Waals surface area (Å²) >= 11 is 0. The summed E-state index contributed by atoms with van der Waals surface area (Å²) in [5.41, 5.74) is 3.61. The van der Waals surface area contributed by atoms with Crippen LogP contribution in [0.2, 0.25) is 0 Å². The van der Waals surface area contributed by atoms with Gasteiger partial charge in [0.1, 0.15) is 6.10 Å². The van der Waals surface area contributed by atoms with Gasteiger partial charge in [-0.3, -0.25) is 4.98 Å². The monoisotopic (exact) mass is 433 g/mol. The Balaban J connectivity index is 1.83. The highest BCUT2D eigenvalue weighted by atomic mass is 19.4. The van der Waals surface area contributed by atoms with Crippen molar-refractivity contribution in [2.24, 2.45) is 5.41 Å². The molecule has 31 heavy (non-hydrogen) atoms. The number of fused-ring (bicyclic) bond motifs is 1. The topological polar surface area (TPSA) is 53.4 Å². The molecular weight excluding hydrogens is 403 g/mol. The van der Waals surface area contributed by atoms with Gasteiger partial charge in [-0.2, -0.15) is 13.2 Å². The summed E-state index contributed by atoms with van der Waals surface area (Å²) < 4.78 is 38.9. The van der Waals surface area contributed by atoms with Crippen molar-refractivity contribution >= 4 is 0 Å². The highest BCUT2D eigenvalue weighted by molar-refractivity contribution is 5.48. The van der Waals surface area contributed by atoms with Crippen LogP contribution in [0.3, 0.4) is 0 Å². The van der Waals surface area contributed by atoms with E-state index in [0.29, 0.717) is 17.5 Å². The van der Waals surface area contributed by atoms with Crippen LogP contribution in [0.4, 0.5) is 13.2 Å². The van der Waals surface area contributed by atoms with Gasteiger partial charge >= 0.3 is 6.18 Å². The SMILES string of the molecule is Cc1c2c(nc(C3CCCC3)c1C(O)c1ccc(C(F)(F)F)cc1)CC(C)(C)CC2O. The third-order valence-corrected chi connectivity index (χ3v) is 6.94. The zero-order valence-electron chi connectivity index (χ0n) is 18.3. The van der Waals surface area contributed by atoms with Gasteiger partial charge in [0.05, 0.1) is 17.4 Å². The maximum Gasteiger partial charge on any atom is 0.416 e. The Kier molecular flexibility index (Phi) is 5.67. The van der Waals surface area contributed by atoms with Crippen molar-refractivity contribution in [3.8, 4) is 0 Å². The summed E-state index contributed by atoms with van der Waals surface area (Å²) in [7, 11) is 0. The van der Waals surface area contributed by atoms with Gasteiger partial charge in [0.15, 0.2) is 0 Å². The third kappa shape index (κ3) is 4.24. The molecule has 0 aliphatic heterocycles. The van der Waals surface area contributed by atoms with Gasteiger partial charge in [-0.1, -0.05) is 38.8 Å². The Morgan fingerprint density at radius 3 is 2.29 bits per heavy atom. The molecule has 168 valence electrons. The Morgan fingerprint density at radius 2 is 1.71 bits per heavy atom. The van der Waals surface area contributed by atoms with Crippen LogP contribution in [-0.4, -0.2) is 15.2 Å². The first-order chi connectivity index (χ1) is 14.5. The van der Waals surface area contributed by atoms with Crippen molar-refractivity contribution in [2.45, 2.75) is 83.6 Å². The fourth-order valence-corrected chi connectivity index (χ4v) is 5.42. The maximum absolute atomic E-state index is 13.0. The number of benzene rings is 1. The van der Waals surface area contributed by atoms with Crippen LogP contribution in [-0.2, 0) is 12.6 Å². The summed E-state index contributed by atoms with van der Waals surface area (Å²) in [6.45, 7) is 6.15. The Morgan fingerprint density at radius 1 is 1.10 bits per heavy atom. The molecule has 0 amide bonds. The molecule has 2 aliphatic rings. The first kappa shape index (κ1) is 22.3. The zero-order valence-corrected chi connectivity index (χ0v) is 18.3. The fraction of sp³-hybridized carbons (Fsp3) is 0.560. The minimum atomic E-state index is -4.42. The van der Waals surface area contributed by atoms with Gasteiger partial charge < -0.3 is 10.2 Å². The molecule has 0 radical (unpaired) electrons. The van der Waals surface area contributed by atoms with Crippen LogP contribution in [0.5, 0.6) is 0 Å². The number of aliphatic hydroxyl groups excluding tert-OH is 2. The molecule has 0 saturated heterocycles. The molecule has 2 unspecified atom stereocenters. The minimum absolute atomic E-state index is 0.0631. The summed E-state index contributed by atoms with van der Waals surface area (Å²) in [5.74, 6) is 0.227. The molecule has 0 bridgehead atoms. The van der Waals surface area contributed by atoms with E-state index in [0.717, 1.165) is 66.8 Å². The summed E-state index contributed by atoms with van der Waals surface area (Å²) in [5, 5.41) is 22.2. The number of alkyl halides is 3. The quantitative estimate of drug-likeness (QED) is 0.610. The predicted molar refractivity (Wildman–Crippen MR) is 113 cm³/mol. The van der Waals surface area contributed by atoms with E-state index in [1.54, 1.807) is 0 Å². The van der Waals surface area contributed by atoms with Crippen molar-refractivity contribution in [3.63, 3.8) is 0 Å². The van der Waals surface area contributed by atoms with E-state index in [-0.39, 0.29) is 11.3 Å². The van der Waals surface area contributed by atoms with Gasteiger partial charge in [-0.25, -0.2) is 0 Å². The maximum atomic E-state index is 13.0. The second-order valence-electron chi connectivity index (χ2n) is 9.96. The highest BCUT2D eigenvalue weighted by Crippen LogP contribution is 2.46. The lowest BCUT2D eigenvalue weighted by atomic mass is 9.72. The fourth-order valence-electron chi connectivity index (χ4n) is 5.42. The summed E-state index contributed by atoms with van der Waals surface area (Å²) in [6.07, 6.45) is -0.608. The molecule has 1 heterocycles. The van der Waals surface area contributed by atoms with Gasteiger partial charge in [0.25, 0.3) is 0 Å². The number of pyridine rings is 1. The molecule has 1 aromatic heterocycles. The first-order valence-electron chi connectivity index (χ1n) is 11.0. The molecule has 3 nitrogen and oxygen atoms in total. The lowest BCUT2D eigenvalue weighted by Crippen LogP contribution is -2.29. The van der Waals surface area contributed by atoms with Crippen molar-refractivity contribution in [1.82, 2.24) is 4.98 Å². The Labute approximate surface area is 181 Å². The number of aromatic nitrogens is 1. The van der Waals surface area contributed by atoms with E-state index in [1.165, 1.54) is 12.1 Å².